The summed E-state index contributed by atoms with van der Waals surface area (Å²) in [6, 6.07) is 11.5. The third-order valence-electron chi connectivity index (χ3n) is 5.78. The number of anilines is 1. The molecule has 2 aliphatic rings. The van der Waals surface area contributed by atoms with E-state index in [1.807, 2.05) is 18.2 Å². The minimum absolute atomic E-state index is 0.102. The minimum atomic E-state index is -0.901. The third kappa shape index (κ3) is 2.53. The number of carboxylic acid groups (broad SMARTS) is 1. The largest absolute Gasteiger partial charge is 0.481 e. The first-order valence-electron chi connectivity index (χ1n) is 9.26. The second-order valence-corrected chi connectivity index (χ2v) is 7.36. The van der Waals surface area contributed by atoms with Gasteiger partial charge >= 0.3 is 5.97 Å². The molecule has 1 N–H and O–H groups in total. The van der Waals surface area contributed by atoms with Gasteiger partial charge in [0.15, 0.2) is 0 Å². The van der Waals surface area contributed by atoms with E-state index in [0.29, 0.717) is 11.3 Å². The number of carbonyl (C=O) groups is 2. The van der Waals surface area contributed by atoms with Crippen molar-refractivity contribution in [2.24, 2.45) is 0 Å². The Morgan fingerprint density at radius 2 is 1.93 bits per heavy atom. The fourth-order valence-corrected chi connectivity index (χ4v) is 4.40. The number of hydrogen-bond donors (Lipinski definition) is 1. The van der Waals surface area contributed by atoms with Crippen molar-refractivity contribution in [3.05, 3.63) is 64.9 Å². The fourth-order valence-electron chi connectivity index (χ4n) is 4.40. The Labute approximate surface area is 156 Å². The number of benzene rings is 2. The molecule has 5 nitrogen and oxygen atoms in total. The molecule has 1 aromatic heterocycles. The average Bonchev–Trinajstić information content (AvgIpc) is 3.36. The van der Waals surface area contributed by atoms with Crippen LogP contribution in [0, 0.1) is 0 Å². The number of hydrogen-bond acceptors (Lipinski definition) is 3. The molecule has 0 spiro atoms. The molecule has 2 aromatic carbocycles. The predicted molar refractivity (Wildman–Crippen MR) is 101 cm³/mol. The highest BCUT2D eigenvalue weighted by atomic mass is 16.4. The van der Waals surface area contributed by atoms with Crippen LogP contribution >= 0.6 is 0 Å². The van der Waals surface area contributed by atoms with Crippen LogP contribution < -0.4 is 4.90 Å². The number of amides is 1. The molecule has 1 unspecified atom stereocenters. The predicted octanol–water partition coefficient (Wildman–Crippen LogP) is 3.68. The summed E-state index contributed by atoms with van der Waals surface area (Å²) < 4.78 is 5.70. The number of carboxylic acids is 1. The number of fused-ring (bicyclic) bond motifs is 3. The average molecular weight is 361 g/mol. The van der Waals surface area contributed by atoms with Crippen LogP contribution in [0.2, 0.25) is 0 Å². The van der Waals surface area contributed by atoms with Gasteiger partial charge in [0.1, 0.15) is 11.5 Å². The maximum Gasteiger partial charge on any atom is 0.312 e. The van der Waals surface area contributed by atoms with E-state index < -0.39 is 11.9 Å². The van der Waals surface area contributed by atoms with Gasteiger partial charge in [0, 0.05) is 23.2 Å². The Morgan fingerprint density at radius 1 is 1.15 bits per heavy atom. The molecule has 0 bridgehead atoms. The van der Waals surface area contributed by atoms with Gasteiger partial charge in [-0.15, -0.1) is 0 Å². The van der Waals surface area contributed by atoms with Crippen LogP contribution in [0.1, 0.15) is 34.6 Å². The van der Waals surface area contributed by atoms with E-state index in [1.54, 1.807) is 17.2 Å². The Morgan fingerprint density at radius 3 is 2.74 bits per heavy atom. The summed E-state index contributed by atoms with van der Waals surface area (Å²) in [5.41, 5.74) is 5.77. The van der Waals surface area contributed by atoms with Gasteiger partial charge in [-0.1, -0.05) is 18.2 Å². The summed E-state index contributed by atoms with van der Waals surface area (Å²) in [6.07, 6.45) is 5.18. The van der Waals surface area contributed by atoms with Crippen LogP contribution in [0.3, 0.4) is 0 Å². The van der Waals surface area contributed by atoms with Gasteiger partial charge in [-0.25, -0.2) is 0 Å². The molecule has 1 aliphatic heterocycles. The second kappa shape index (κ2) is 5.98. The molecule has 5 rings (SSSR count). The smallest absolute Gasteiger partial charge is 0.312 e. The molecule has 2 heterocycles. The molecule has 3 aromatic rings. The molecule has 136 valence electrons. The molecule has 27 heavy (non-hydrogen) atoms. The molecule has 0 saturated heterocycles. The first kappa shape index (κ1) is 16.1. The molecule has 0 fully saturated rings. The summed E-state index contributed by atoms with van der Waals surface area (Å²) in [4.78, 5) is 26.2. The zero-order valence-corrected chi connectivity index (χ0v) is 14.8. The number of para-hydroxylation sites is 1. The minimum Gasteiger partial charge on any atom is -0.481 e. The van der Waals surface area contributed by atoms with Gasteiger partial charge in [0.05, 0.1) is 12.7 Å². The number of nitrogens with zero attached hydrogens (tertiary/aromatic N) is 1. The van der Waals surface area contributed by atoms with E-state index in [4.69, 9.17) is 4.42 Å². The lowest BCUT2D eigenvalue weighted by atomic mass is 10.0. The molecular weight excluding hydrogens is 342 g/mol. The fraction of sp³-hybridized carbons (Fsp3) is 0.273. The van der Waals surface area contributed by atoms with Crippen molar-refractivity contribution in [2.45, 2.75) is 31.6 Å². The number of carbonyl (C=O) groups excluding carboxylic acids is 1. The third-order valence-corrected chi connectivity index (χ3v) is 5.78. The molecule has 1 atom stereocenters. The zero-order valence-electron chi connectivity index (χ0n) is 14.8. The van der Waals surface area contributed by atoms with Crippen molar-refractivity contribution < 1.29 is 19.1 Å². The van der Waals surface area contributed by atoms with Crippen molar-refractivity contribution in [2.75, 3.05) is 11.4 Å². The summed E-state index contributed by atoms with van der Waals surface area (Å²) in [5, 5.41) is 10.5. The Hall–Kier alpha value is -3.08. The first-order valence-corrected chi connectivity index (χ1v) is 9.26. The highest BCUT2D eigenvalue weighted by Crippen LogP contribution is 2.37. The van der Waals surface area contributed by atoms with E-state index in [2.05, 4.69) is 12.1 Å². The molecule has 0 radical (unpaired) electrons. The van der Waals surface area contributed by atoms with Crippen LogP contribution in [0.5, 0.6) is 0 Å². The Bertz CT molecular complexity index is 1080. The maximum atomic E-state index is 13.0. The summed E-state index contributed by atoms with van der Waals surface area (Å²) >= 11 is 0. The van der Waals surface area contributed by atoms with Gasteiger partial charge in [-0.05, 0) is 54.2 Å². The van der Waals surface area contributed by atoms with Crippen molar-refractivity contribution >= 4 is 28.5 Å². The normalized spacial score (nSPS) is 17.9. The lowest BCUT2D eigenvalue weighted by molar-refractivity contribution is -0.138. The number of furan rings is 1. The van der Waals surface area contributed by atoms with E-state index >= 15 is 0 Å². The second-order valence-electron chi connectivity index (χ2n) is 7.36. The Kier molecular flexibility index (Phi) is 3.57. The summed E-state index contributed by atoms with van der Waals surface area (Å²) in [5.74, 6) is -1.68. The van der Waals surface area contributed by atoms with Gasteiger partial charge in [-0.3, -0.25) is 9.59 Å². The van der Waals surface area contributed by atoms with Gasteiger partial charge < -0.3 is 14.4 Å². The number of rotatable bonds is 3. The maximum absolute atomic E-state index is 13.0. The van der Waals surface area contributed by atoms with Crippen LogP contribution in [-0.4, -0.2) is 23.5 Å². The van der Waals surface area contributed by atoms with Crippen LogP contribution in [0.25, 0.3) is 11.0 Å². The Balaban J connectivity index is 1.46. The summed E-state index contributed by atoms with van der Waals surface area (Å²) in [7, 11) is 0. The molecule has 1 amide bonds. The van der Waals surface area contributed by atoms with Crippen molar-refractivity contribution in [1.29, 1.82) is 0 Å². The quantitative estimate of drug-likeness (QED) is 0.772. The van der Waals surface area contributed by atoms with E-state index in [0.717, 1.165) is 35.8 Å². The highest BCUT2D eigenvalue weighted by Gasteiger charge is 2.36. The van der Waals surface area contributed by atoms with Crippen molar-refractivity contribution in [3.63, 3.8) is 0 Å². The van der Waals surface area contributed by atoms with Gasteiger partial charge in [-0.2, -0.15) is 0 Å². The lowest BCUT2D eigenvalue weighted by Crippen LogP contribution is -2.32. The SMILES string of the molecule is O=C(O)C1CN(C(=O)Cc2coc3cc4c(cc23)CCC4)c2ccccc21. The van der Waals surface area contributed by atoms with Gasteiger partial charge in [0.2, 0.25) is 5.91 Å². The van der Waals surface area contributed by atoms with E-state index in [1.165, 1.54) is 11.1 Å². The number of aryl methyl sites for hydroxylation is 2. The van der Waals surface area contributed by atoms with Crippen LogP contribution in [0.15, 0.2) is 47.1 Å². The van der Waals surface area contributed by atoms with Crippen molar-refractivity contribution in [1.82, 2.24) is 0 Å². The lowest BCUT2D eigenvalue weighted by Gasteiger charge is -2.17. The number of aliphatic carboxylic acids is 1. The van der Waals surface area contributed by atoms with Crippen LogP contribution in [0.4, 0.5) is 5.69 Å². The molecule has 0 saturated carbocycles. The monoisotopic (exact) mass is 361 g/mol. The van der Waals surface area contributed by atoms with E-state index in [-0.39, 0.29) is 18.9 Å². The summed E-state index contributed by atoms with van der Waals surface area (Å²) in [6.45, 7) is 0.179. The van der Waals surface area contributed by atoms with Crippen LogP contribution in [-0.2, 0) is 28.9 Å². The van der Waals surface area contributed by atoms with E-state index in [9.17, 15) is 14.7 Å². The topological polar surface area (TPSA) is 70.8 Å². The highest BCUT2D eigenvalue weighted by molar-refractivity contribution is 6.01. The molecular formula is C22H19NO4. The van der Waals surface area contributed by atoms with Crippen molar-refractivity contribution in [3.8, 4) is 0 Å². The molecule has 5 heteroatoms. The zero-order chi connectivity index (χ0) is 18.5. The molecule has 1 aliphatic carbocycles. The standard InChI is InChI=1S/C22H19NO4/c24-21(23-11-18(22(25)26)16-6-1-2-7-19(16)23)10-15-12-27-20-9-14-5-3-4-13(14)8-17(15)20/h1-2,6-9,12,18H,3-5,10-11H2,(H,25,26). The first-order chi connectivity index (χ1) is 13.1. The van der Waals surface area contributed by atoms with Gasteiger partial charge in [0.25, 0.3) is 0 Å².